The van der Waals surface area contributed by atoms with Crippen LogP contribution in [-0.2, 0) is 9.59 Å². The summed E-state index contributed by atoms with van der Waals surface area (Å²) in [6, 6.07) is 0. The number of hydrogen-bond donors (Lipinski definition) is 1. The van der Waals surface area contributed by atoms with Crippen molar-refractivity contribution in [2.24, 2.45) is 5.92 Å². The minimum Gasteiger partial charge on any atom is -0.342 e. The summed E-state index contributed by atoms with van der Waals surface area (Å²) in [5.74, 6) is -0.154. The minimum atomic E-state index is -0.130. The van der Waals surface area contributed by atoms with Gasteiger partial charge in [0, 0.05) is 31.5 Å². The second kappa shape index (κ2) is 5.22. The molecular weight excluding hydrogens is 240 g/mol. The molecule has 2 heterocycles. The topological polar surface area (TPSA) is 75.2 Å². The van der Waals surface area contributed by atoms with Crippen molar-refractivity contribution in [3.05, 3.63) is 6.20 Å². The van der Waals surface area contributed by atoms with Gasteiger partial charge in [-0.25, -0.2) is 0 Å². The van der Waals surface area contributed by atoms with Crippen LogP contribution in [0, 0.1) is 5.92 Å². The van der Waals surface area contributed by atoms with Crippen molar-refractivity contribution in [3.63, 3.8) is 0 Å². The Labute approximate surface area is 103 Å². The molecule has 7 heteroatoms. The highest BCUT2D eigenvalue weighted by Gasteiger charge is 2.27. The number of aromatic nitrogens is 2. The number of anilines is 1. The molecule has 17 heavy (non-hydrogen) atoms. The van der Waals surface area contributed by atoms with Crippen LogP contribution < -0.4 is 5.32 Å². The van der Waals surface area contributed by atoms with Gasteiger partial charge < -0.3 is 10.2 Å². The van der Waals surface area contributed by atoms with E-state index in [0.717, 1.165) is 30.9 Å². The fourth-order valence-electron chi connectivity index (χ4n) is 1.92. The third-order valence-corrected chi connectivity index (χ3v) is 3.43. The Balaban J connectivity index is 1.93. The normalized spacial score (nSPS) is 20.1. The molecule has 1 N–H and O–H groups in total. The second-order valence-corrected chi connectivity index (χ2v) is 4.86. The van der Waals surface area contributed by atoms with Crippen LogP contribution in [0.3, 0.4) is 0 Å². The van der Waals surface area contributed by atoms with Crippen LogP contribution in [-0.4, -0.2) is 39.4 Å². The Morgan fingerprint density at radius 1 is 1.59 bits per heavy atom. The second-order valence-electron chi connectivity index (χ2n) is 4.08. The molecule has 92 valence electrons. The first-order valence-corrected chi connectivity index (χ1v) is 6.28. The number of likely N-dealkylation sites (tertiary alicyclic amines) is 1. The highest BCUT2D eigenvalue weighted by molar-refractivity contribution is 7.10. The summed E-state index contributed by atoms with van der Waals surface area (Å²) in [6.07, 6.45) is 3.22. The van der Waals surface area contributed by atoms with Gasteiger partial charge in [-0.3, -0.25) is 9.59 Å². The standard InChI is InChI=1S/C10H14N4O2S/c1-7(15)14-4-2-3-8(6-14)10(16)12-9-5-11-13-17-9/h5,8H,2-4,6H2,1H3,(H,12,16)/t8-/m0/s1. The van der Waals surface area contributed by atoms with Crippen LogP contribution in [0.25, 0.3) is 0 Å². The molecule has 0 unspecified atom stereocenters. The van der Waals surface area contributed by atoms with Gasteiger partial charge in [-0.1, -0.05) is 4.49 Å². The smallest absolute Gasteiger partial charge is 0.229 e. The molecule has 1 atom stereocenters. The lowest BCUT2D eigenvalue weighted by atomic mass is 9.97. The minimum absolute atomic E-state index is 0.0296. The van der Waals surface area contributed by atoms with Crippen molar-refractivity contribution in [1.82, 2.24) is 14.5 Å². The first-order valence-electron chi connectivity index (χ1n) is 5.50. The van der Waals surface area contributed by atoms with Crippen LogP contribution in [0.2, 0.25) is 0 Å². The highest BCUT2D eigenvalue weighted by Crippen LogP contribution is 2.19. The summed E-state index contributed by atoms with van der Waals surface area (Å²) in [6.45, 7) is 2.79. The molecule has 6 nitrogen and oxygen atoms in total. The Bertz CT molecular complexity index is 406. The summed E-state index contributed by atoms with van der Waals surface area (Å²) in [7, 11) is 0. The van der Waals surface area contributed by atoms with Crippen molar-refractivity contribution in [3.8, 4) is 0 Å². The summed E-state index contributed by atoms with van der Waals surface area (Å²) < 4.78 is 3.68. The Hall–Kier alpha value is -1.50. The van der Waals surface area contributed by atoms with Gasteiger partial charge >= 0.3 is 0 Å². The fourth-order valence-corrected chi connectivity index (χ4v) is 2.35. The number of nitrogens with zero attached hydrogens (tertiary/aromatic N) is 3. The predicted octanol–water partition coefficient (Wildman–Crippen LogP) is 0.735. The third kappa shape index (κ3) is 3.00. The number of piperidine rings is 1. The van der Waals surface area contributed by atoms with Crippen molar-refractivity contribution >= 4 is 28.3 Å². The molecule has 2 rings (SSSR count). The zero-order chi connectivity index (χ0) is 12.3. The van der Waals surface area contributed by atoms with E-state index in [1.165, 1.54) is 13.1 Å². The number of amides is 2. The van der Waals surface area contributed by atoms with Crippen molar-refractivity contribution < 1.29 is 9.59 Å². The average Bonchev–Trinajstić information content (AvgIpc) is 2.82. The number of carbonyl (C=O) groups is 2. The maximum Gasteiger partial charge on any atom is 0.229 e. The van der Waals surface area contributed by atoms with Crippen molar-refractivity contribution in [2.75, 3.05) is 18.4 Å². The van der Waals surface area contributed by atoms with Gasteiger partial charge in [0.05, 0.1) is 12.1 Å². The van der Waals surface area contributed by atoms with Gasteiger partial charge in [-0.15, -0.1) is 5.10 Å². The quantitative estimate of drug-likeness (QED) is 0.844. The Morgan fingerprint density at radius 3 is 3.06 bits per heavy atom. The van der Waals surface area contributed by atoms with Crippen LogP contribution in [0.1, 0.15) is 19.8 Å². The van der Waals surface area contributed by atoms with Gasteiger partial charge in [0.25, 0.3) is 0 Å². The molecule has 0 aromatic carbocycles. The zero-order valence-corrected chi connectivity index (χ0v) is 10.4. The van der Waals surface area contributed by atoms with E-state index in [-0.39, 0.29) is 17.7 Å². The van der Waals surface area contributed by atoms with E-state index >= 15 is 0 Å². The molecule has 0 saturated carbocycles. The monoisotopic (exact) mass is 254 g/mol. The van der Waals surface area contributed by atoms with E-state index in [4.69, 9.17) is 0 Å². The Morgan fingerprint density at radius 2 is 2.41 bits per heavy atom. The molecule has 1 aromatic heterocycles. The van der Waals surface area contributed by atoms with Gasteiger partial charge in [0.1, 0.15) is 5.00 Å². The molecule has 2 amide bonds. The molecule has 0 radical (unpaired) electrons. The van der Waals surface area contributed by atoms with Crippen molar-refractivity contribution in [2.45, 2.75) is 19.8 Å². The zero-order valence-electron chi connectivity index (χ0n) is 9.55. The number of rotatable bonds is 2. The largest absolute Gasteiger partial charge is 0.342 e. The molecule has 0 aliphatic carbocycles. The van der Waals surface area contributed by atoms with Gasteiger partial charge in [-0.2, -0.15) is 0 Å². The van der Waals surface area contributed by atoms with E-state index in [9.17, 15) is 9.59 Å². The highest BCUT2D eigenvalue weighted by atomic mass is 32.1. The Kier molecular flexibility index (Phi) is 3.68. The number of carbonyl (C=O) groups excluding carboxylic acids is 2. The predicted molar refractivity (Wildman–Crippen MR) is 63.5 cm³/mol. The van der Waals surface area contributed by atoms with E-state index < -0.39 is 0 Å². The van der Waals surface area contributed by atoms with E-state index in [0.29, 0.717) is 11.5 Å². The molecule has 0 bridgehead atoms. The van der Waals surface area contributed by atoms with Crippen LogP contribution in [0.4, 0.5) is 5.00 Å². The molecule has 1 fully saturated rings. The molecule has 1 aliphatic rings. The number of hydrogen-bond acceptors (Lipinski definition) is 5. The first kappa shape index (κ1) is 12.0. The lowest BCUT2D eigenvalue weighted by Gasteiger charge is -2.31. The van der Waals surface area contributed by atoms with E-state index in [2.05, 4.69) is 14.9 Å². The number of nitrogens with one attached hydrogen (secondary N) is 1. The van der Waals surface area contributed by atoms with Gasteiger partial charge in [0.15, 0.2) is 0 Å². The summed E-state index contributed by atoms with van der Waals surface area (Å²) in [4.78, 5) is 24.9. The molecule has 1 saturated heterocycles. The fraction of sp³-hybridized carbons (Fsp3) is 0.600. The van der Waals surface area contributed by atoms with Crippen molar-refractivity contribution in [1.29, 1.82) is 0 Å². The molecule has 1 aromatic rings. The summed E-state index contributed by atoms with van der Waals surface area (Å²) in [5.41, 5.74) is 0. The average molecular weight is 254 g/mol. The molecule has 0 spiro atoms. The maximum atomic E-state index is 11.9. The van der Waals surface area contributed by atoms with Gasteiger partial charge in [0.2, 0.25) is 11.8 Å². The summed E-state index contributed by atoms with van der Waals surface area (Å²) >= 11 is 1.15. The van der Waals surface area contributed by atoms with Crippen LogP contribution in [0.15, 0.2) is 6.20 Å². The van der Waals surface area contributed by atoms with E-state index in [1.807, 2.05) is 0 Å². The molecule has 1 aliphatic heterocycles. The van der Waals surface area contributed by atoms with Gasteiger partial charge in [-0.05, 0) is 12.8 Å². The SMILES string of the molecule is CC(=O)N1CCC[C@H](C(=O)Nc2cnns2)C1. The maximum absolute atomic E-state index is 11.9. The first-order chi connectivity index (χ1) is 8.16. The van der Waals surface area contributed by atoms with E-state index in [1.54, 1.807) is 4.90 Å². The lowest BCUT2D eigenvalue weighted by molar-refractivity contribution is -0.132. The third-order valence-electron chi connectivity index (χ3n) is 2.85. The van der Waals surface area contributed by atoms with Crippen LogP contribution >= 0.6 is 11.5 Å². The lowest BCUT2D eigenvalue weighted by Crippen LogP contribution is -2.42. The van der Waals surface area contributed by atoms with Crippen LogP contribution in [0.5, 0.6) is 0 Å². The summed E-state index contributed by atoms with van der Waals surface area (Å²) in [5, 5.41) is 7.07. The molecular formula is C10H14N4O2S.